The summed E-state index contributed by atoms with van der Waals surface area (Å²) in [6.07, 6.45) is 1.38. The van der Waals surface area contributed by atoms with Crippen LogP contribution in [0, 0.1) is 6.92 Å². The van der Waals surface area contributed by atoms with Crippen LogP contribution >= 0.6 is 0 Å². The lowest BCUT2D eigenvalue weighted by atomic mass is 10.2. The zero-order chi connectivity index (χ0) is 16.3. The highest BCUT2D eigenvalue weighted by Gasteiger charge is 2.23. The molecule has 0 N–H and O–H groups in total. The second-order valence-corrected chi connectivity index (χ2v) is 6.77. The third-order valence-electron chi connectivity index (χ3n) is 3.37. The van der Waals surface area contributed by atoms with Crippen LogP contribution in [0.2, 0.25) is 0 Å². The van der Waals surface area contributed by atoms with E-state index in [1.165, 1.54) is 18.3 Å². The number of amides is 1. The van der Waals surface area contributed by atoms with Gasteiger partial charge >= 0.3 is 6.03 Å². The summed E-state index contributed by atoms with van der Waals surface area (Å²) in [5, 5.41) is 3.82. The number of aromatic nitrogens is 2. The van der Waals surface area contributed by atoms with Crippen LogP contribution in [0.5, 0.6) is 0 Å². The van der Waals surface area contributed by atoms with Crippen molar-refractivity contribution in [1.82, 2.24) is 14.7 Å². The van der Waals surface area contributed by atoms with E-state index in [0.29, 0.717) is 13.1 Å². The van der Waals surface area contributed by atoms with E-state index in [4.69, 9.17) is 0 Å². The van der Waals surface area contributed by atoms with E-state index in [9.17, 15) is 13.2 Å². The number of sulfone groups is 1. The molecule has 118 valence electrons. The minimum Gasteiger partial charge on any atom is -0.323 e. The second-order valence-electron chi connectivity index (χ2n) is 4.87. The van der Waals surface area contributed by atoms with Crippen molar-refractivity contribution in [2.24, 2.45) is 0 Å². The minimum atomic E-state index is -3.72. The number of benzene rings is 1. The molecular formula is C15H19N3O3S. The monoisotopic (exact) mass is 321 g/mol. The number of carbonyl (C=O) groups is 1. The molecule has 7 heteroatoms. The lowest BCUT2D eigenvalue weighted by Gasteiger charge is -2.17. The van der Waals surface area contributed by atoms with Crippen LogP contribution < -0.4 is 0 Å². The summed E-state index contributed by atoms with van der Waals surface area (Å²) in [5.74, 6) is 0. The summed E-state index contributed by atoms with van der Waals surface area (Å²) in [6, 6.07) is 7.62. The molecule has 1 aromatic carbocycles. The van der Waals surface area contributed by atoms with Gasteiger partial charge in [-0.2, -0.15) is 9.78 Å². The van der Waals surface area contributed by atoms with Gasteiger partial charge in [0.1, 0.15) is 0 Å². The van der Waals surface area contributed by atoms with Crippen LogP contribution in [0.25, 0.3) is 0 Å². The van der Waals surface area contributed by atoms with Crippen LogP contribution in [0.15, 0.2) is 46.5 Å². The Morgan fingerprint density at radius 1 is 1.23 bits per heavy atom. The molecule has 6 nitrogen and oxygen atoms in total. The summed E-state index contributed by atoms with van der Waals surface area (Å²) in [7, 11) is -3.72. The van der Waals surface area contributed by atoms with Gasteiger partial charge in [0.2, 0.25) is 9.84 Å². The summed E-state index contributed by atoms with van der Waals surface area (Å²) < 4.78 is 26.1. The van der Waals surface area contributed by atoms with Crippen molar-refractivity contribution in [2.75, 3.05) is 13.1 Å². The first-order valence-corrected chi connectivity index (χ1v) is 8.55. The van der Waals surface area contributed by atoms with Gasteiger partial charge in [-0.1, -0.05) is 12.1 Å². The highest BCUT2D eigenvalue weighted by atomic mass is 32.2. The second kappa shape index (κ2) is 6.31. The number of aryl methyl sites for hydroxylation is 1. The molecule has 0 aliphatic heterocycles. The molecule has 2 rings (SSSR count). The topological polar surface area (TPSA) is 72.3 Å². The maximum atomic E-state index is 12.5. The van der Waals surface area contributed by atoms with Crippen LogP contribution in [0.4, 0.5) is 4.79 Å². The van der Waals surface area contributed by atoms with Crippen LogP contribution in [0.3, 0.4) is 0 Å². The SMILES string of the molecule is CCN(CC)C(=O)n1ccc(S(=O)(=O)c2cccc(C)c2)n1. The molecule has 0 radical (unpaired) electrons. The first-order valence-electron chi connectivity index (χ1n) is 7.06. The first-order chi connectivity index (χ1) is 10.4. The predicted octanol–water partition coefficient (Wildman–Crippen LogP) is 2.33. The van der Waals surface area contributed by atoms with E-state index >= 15 is 0 Å². The molecule has 1 aromatic heterocycles. The highest BCUT2D eigenvalue weighted by Crippen LogP contribution is 2.20. The maximum Gasteiger partial charge on any atom is 0.344 e. The molecule has 0 saturated heterocycles. The van der Waals surface area contributed by atoms with E-state index in [-0.39, 0.29) is 16.0 Å². The standard InChI is InChI=1S/C15H19N3O3S/c1-4-17(5-2)15(19)18-10-9-14(16-18)22(20,21)13-8-6-7-12(3)11-13/h6-11H,4-5H2,1-3H3. The van der Waals surface area contributed by atoms with Gasteiger partial charge in [-0.05, 0) is 44.5 Å². The number of nitrogens with zero attached hydrogens (tertiary/aromatic N) is 3. The Balaban J connectivity index is 2.37. The van der Waals surface area contributed by atoms with Crippen LogP contribution in [-0.2, 0) is 9.84 Å². The van der Waals surface area contributed by atoms with E-state index in [2.05, 4.69) is 5.10 Å². The molecule has 1 heterocycles. The average molecular weight is 321 g/mol. The zero-order valence-electron chi connectivity index (χ0n) is 12.9. The van der Waals surface area contributed by atoms with Crippen molar-refractivity contribution >= 4 is 15.9 Å². The van der Waals surface area contributed by atoms with Crippen molar-refractivity contribution < 1.29 is 13.2 Å². The summed E-state index contributed by atoms with van der Waals surface area (Å²) in [5.41, 5.74) is 0.847. The smallest absolute Gasteiger partial charge is 0.323 e. The average Bonchev–Trinajstić information content (AvgIpc) is 2.99. The van der Waals surface area contributed by atoms with Crippen molar-refractivity contribution in [2.45, 2.75) is 30.7 Å². The third kappa shape index (κ3) is 3.04. The third-order valence-corrected chi connectivity index (χ3v) is 5.01. The van der Waals surface area contributed by atoms with Gasteiger partial charge in [-0.15, -0.1) is 0 Å². The molecule has 0 aliphatic carbocycles. The van der Waals surface area contributed by atoms with Crippen molar-refractivity contribution in [3.63, 3.8) is 0 Å². The highest BCUT2D eigenvalue weighted by molar-refractivity contribution is 7.91. The Labute approximate surface area is 130 Å². The quantitative estimate of drug-likeness (QED) is 0.866. The lowest BCUT2D eigenvalue weighted by molar-refractivity contribution is 0.201. The van der Waals surface area contributed by atoms with Crippen LogP contribution in [-0.4, -0.2) is 42.2 Å². The Hall–Kier alpha value is -2.15. The fraction of sp³-hybridized carbons (Fsp3) is 0.333. The Bertz CT molecular complexity index is 777. The normalized spacial score (nSPS) is 11.4. The molecule has 0 bridgehead atoms. The number of hydrogen-bond donors (Lipinski definition) is 0. The summed E-state index contributed by atoms with van der Waals surface area (Å²) in [4.78, 5) is 13.9. The van der Waals surface area contributed by atoms with E-state index in [1.54, 1.807) is 17.0 Å². The van der Waals surface area contributed by atoms with Crippen LogP contribution in [0.1, 0.15) is 19.4 Å². The lowest BCUT2D eigenvalue weighted by Crippen LogP contribution is -2.34. The molecule has 22 heavy (non-hydrogen) atoms. The summed E-state index contributed by atoms with van der Waals surface area (Å²) >= 11 is 0. The van der Waals surface area contributed by atoms with E-state index in [0.717, 1.165) is 10.2 Å². The molecule has 0 fully saturated rings. The van der Waals surface area contributed by atoms with Gasteiger partial charge in [-0.25, -0.2) is 13.2 Å². The van der Waals surface area contributed by atoms with Crippen molar-refractivity contribution in [3.8, 4) is 0 Å². The van der Waals surface area contributed by atoms with Gasteiger partial charge in [0, 0.05) is 19.3 Å². The van der Waals surface area contributed by atoms with Gasteiger partial charge in [0.05, 0.1) is 4.90 Å². The Morgan fingerprint density at radius 2 is 1.91 bits per heavy atom. The largest absolute Gasteiger partial charge is 0.344 e. The van der Waals surface area contributed by atoms with Crippen molar-refractivity contribution in [1.29, 1.82) is 0 Å². The maximum absolute atomic E-state index is 12.5. The van der Waals surface area contributed by atoms with E-state index < -0.39 is 9.84 Å². The zero-order valence-corrected chi connectivity index (χ0v) is 13.7. The van der Waals surface area contributed by atoms with E-state index in [1.807, 2.05) is 26.8 Å². The van der Waals surface area contributed by atoms with Gasteiger partial charge in [0.15, 0.2) is 5.03 Å². The van der Waals surface area contributed by atoms with Gasteiger partial charge in [0.25, 0.3) is 0 Å². The number of carbonyl (C=O) groups excluding carboxylic acids is 1. The molecule has 0 aliphatic rings. The summed E-state index contributed by atoms with van der Waals surface area (Å²) in [6.45, 7) is 6.61. The Kier molecular flexibility index (Phi) is 4.65. The van der Waals surface area contributed by atoms with Gasteiger partial charge in [-0.3, -0.25) is 0 Å². The molecule has 2 aromatic rings. The molecule has 1 amide bonds. The van der Waals surface area contributed by atoms with Crippen molar-refractivity contribution in [3.05, 3.63) is 42.1 Å². The molecular weight excluding hydrogens is 302 g/mol. The number of hydrogen-bond acceptors (Lipinski definition) is 4. The minimum absolute atomic E-state index is 0.126. The molecule has 0 saturated carbocycles. The molecule has 0 spiro atoms. The Morgan fingerprint density at radius 3 is 2.50 bits per heavy atom. The molecule has 0 atom stereocenters. The van der Waals surface area contributed by atoms with Gasteiger partial charge < -0.3 is 4.90 Å². The fourth-order valence-corrected chi connectivity index (χ4v) is 3.38. The first kappa shape index (κ1) is 16.2. The predicted molar refractivity (Wildman–Crippen MR) is 82.6 cm³/mol. The molecule has 0 unspecified atom stereocenters. The fourth-order valence-electron chi connectivity index (χ4n) is 2.10. The number of rotatable bonds is 4.